The molecule has 1 atom stereocenters. The van der Waals surface area contributed by atoms with Crippen molar-refractivity contribution in [1.29, 1.82) is 0 Å². The average molecular weight is 367 g/mol. The molecule has 7 heteroatoms. The van der Waals surface area contributed by atoms with Crippen LogP contribution in [0.1, 0.15) is 24.6 Å². The van der Waals surface area contributed by atoms with Gasteiger partial charge in [-0.3, -0.25) is 9.48 Å². The first kappa shape index (κ1) is 17.6. The molecule has 0 radical (unpaired) electrons. The number of benzene rings is 1. The fourth-order valence-electron chi connectivity index (χ4n) is 3.75. The molecule has 3 heterocycles. The molecule has 2 aliphatic rings. The summed E-state index contributed by atoms with van der Waals surface area (Å²) >= 11 is 0. The molecule has 27 heavy (non-hydrogen) atoms. The highest BCUT2D eigenvalue weighted by Crippen LogP contribution is 2.22. The highest BCUT2D eigenvalue weighted by atomic mass is 16.6. The second-order valence-corrected chi connectivity index (χ2v) is 6.94. The topological polar surface area (TPSA) is 63.0 Å². The van der Waals surface area contributed by atoms with Crippen molar-refractivity contribution in [2.24, 2.45) is 5.16 Å². The van der Waals surface area contributed by atoms with Crippen LogP contribution in [-0.4, -0.2) is 58.6 Å². The minimum atomic E-state index is -0.521. The Morgan fingerprint density at radius 1 is 1.19 bits per heavy atom. The Hall–Kier alpha value is -2.83. The Bertz CT molecular complexity index is 837. The minimum Gasteiger partial charge on any atom is -0.382 e. The molecule has 1 fully saturated rings. The number of rotatable bonds is 4. The number of hydrogen-bond acceptors (Lipinski definition) is 5. The third kappa shape index (κ3) is 3.41. The zero-order valence-electron chi connectivity index (χ0n) is 15.8. The number of oxime groups is 1. The number of hydrogen-bond donors (Lipinski definition) is 0. The van der Waals surface area contributed by atoms with Crippen molar-refractivity contribution in [3.05, 3.63) is 47.8 Å². The van der Waals surface area contributed by atoms with Gasteiger partial charge >= 0.3 is 0 Å². The van der Waals surface area contributed by atoms with Gasteiger partial charge in [0.05, 0.1) is 11.9 Å². The number of carbonyl (C=O) groups excluding carboxylic acids is 1. The third-order valence-corrected chi connectivity index (χ3v) is 5.37. The van der Waals surface area contributed by atoms with Gasteiger partial charge in [0.15, 0.2) is 0 Å². The molecule has 0 aliphatic carbocycles. The van der Waals surface area contributed by atoms with E-state index >= 15 is 0 Å². The lowest BCUT2D eigenvalue weighted by atomic mass is 10.0. The summed E-state index contributed by atoms with van der Waals surface area (Å²) in [4.78, 5) is 22.5. The predicted molar refractivity (Wildman–Crippen MR) is 104 cm³/mol. The highest BCUT2D eigenvalue weighted by molar-refractivity contribution is 6.04. The lowest BCUT2D eigenvalue weighted by Crippen LogP contribution is -2.51. The van der Waals surface area contributed by atoms with Crippen LogP contribution >= 0.6 is 0 Å². The fraction of sp³-hybridized carbons (Fsp3) is 0.450. The Morgan fingerprint density at radius 2 is 1.93 bits per heavy atom. The van der Waals surface area contributed by atoms with Crippen molar-refractivity contribution >= 4 is 17.3 Å². The van der Waals surface area contributed by atoms with E-state index in [2.05, 4.69) is 34.2 Å². The van der Waals surface area contributed by atoms with E-state index in [-0.39, 0.29) is 5.91 Å². The number of carbonyl (C=O) groups is 1. The van der Waals surface area contributed by atoms with Gasteiger partial charge < -0.3 is 14.6 Å². The Labute approximate surface area is 159 Å². The van der Waals surface area contributed by atoms with Crippen LogP contribution in [0.3, 0.4) is 0 Å². The largest absolute Gasteiger partial charge is 0.382 e. The fourth-order valence-corrected chi connectivity index (χ4v) is 3.75. The van der Waals surface area contributed by atoms with E-state index in [4.69, 9.17) is 4.84 Å². The maximum absolute atomic E-state index is 12.9. The van der Waals surface area contributed by atoms with E-state index < -0.39 is 6.10 Å². The van der Waals surface area contributed by atoms with Crippen LogP contribution < -0.4 is 4.90 Å². The van der Waals surface area contributed by atoms with Crippen LogP contribution in [0, 0.1) is 6.92 Å². The molecule has 0 saturated carbocycles. The van der Waals surface area contributed by atoms with Gasteiger partial charge in [0, 0.05) is 56.1 Å². The molecular weight excluding hydrogens is 342 g/mol. The van der Waals surface area contributed by atoms with Gasteiger partial charge in [-0.15, -0.1) is 0 Å². The molecule has 0 N–H and O–H groups in total. The highest BCUT2D eigenvalue weighted by Gasteiger charge is 2.34. The molecule has 7 nitrogen and oxygen atoms in total. The van der Waals surface area contributed by atoms with Gasteiger partial charge in [-0.2, -0.15) is 5.10 Å². The summed E-state index contributed by atoms with van der Waals surface area (Å²) in [5.74, 6) is 0.0296. The lowest BCUT2D eigenvalue weighted by molar-refractivity contribution is -0.142. The molecule has 0 unspecified atom stereocenters. The molecule has 1 aromatic carbocycles. The average Bonchev–Trinajstić information content (AvgIpc) is 3.34. The van der Waals surface area contributed by atoms with Gasteiger partial charge in [0.1, 0.15) is 0 Å². The quantitative estimate of drug-likeness (QED) is 0.830. The molecule has 2 aliphatic heterocycles. The Kier molecular flexibility index (Phi) is 4.83. The van der Waals surface area contributed by atoms with Crippen molar-refractivity contribution in [1.82, 2.24) is 14.7 Å². The normalized spacial score (nSPS) is 19.8. The van der Waals surface area contributed by atoms with Gasteiger partial charge in [-0.05, 0) is 26.0 Å². The SMILES string of the molecule is CCn1ncc(C2=NO[C@@H](C(=O)N3CCN(c4ccccc4)CC3)C2)c1C. The number of aromatic nitrogens is 2. The van der Waals surface area contributed by atoms with Crippen LogP contribution in [0.25, 0.3) is 0 Å². The number of amides is 1. The minimum absolute atomic E-state index is 0.0296. The maximum Gasteiger partial charge on any atom is 0.267 e. The third-order valence-electron chi connectivity index (χ3n) is 5.37. The Balaban J connectivity index is 1.34. The zero-order valence-corrected chi connectivity index (χ0v) is 15.8. The first-order valence-corrected chi connectivity index (χ1v) is 9.51. The van der Waals surface area contributed by atoms with Crippen LogP contribution in [-0.2, 0) is 16.2 Å². The van der Waals surface area contributed by atoms with Crippen molar-refractivity contribution in [3.8, 4) is 0 Å². The van der Waals surface area contributed by atoms with E-state index in [1.165, 1.54) is 5.69 Å². The summed E-state index contributed by atoms with van der Waals surface area (Å²) in [7, 11) is 0. The number of nitrogens with zero attached hydrogens (tertiary/aromatic N) is 5. The standard InChI is InChI=1S/C20H25N5O2/c1-3-25-15(2)17(14-21-25)18-13-19(27-22-18)20(26)24-11-9-23(10-12-24)16-7-5-4-6-8-16/h4-8,14,19H,3,9-13H2,1-2H3/t19-/m1/s1. The molecule has 4 rings (SSSR count). The van der Waals surface area contributed by atoms with Crippen LogP contribution in [0.5, 0.6) is 0 Å². The summed E-state index contributed by atoms with van der Waals surface area (Å²) in [6.07, 6.45) is 1.80. The summed E-state index contributed by atoms with van der Waals surface area (Å²) in [6, 6.07) is 10.3. The van der Waals surface area contributed by atoms with Crippen LogP contribution in [0.15, 0.2) is 41.7 Å². The van der Waals surface area contributed by atoms with Crippen LogP contribution in [0.2, 0.25) is 0 Å². The van der Waals surface area contributed by atoms with Gasteiger partial charge in [0.25, 0.3) is 5.91 Å². The predicted octanol–water partition coefficient (Wildman–Crippen LogP) is 2.05. The molecule has 0 bridgehead atoms. The van der Waals surface area contributed by atoms with E-state index in [0.29, 0.717) is 19.5 Å². The number of aryl methyl sites for hydroxylation is 1. The van der Waals surface area contributed by atoms with Crippen molar-refractivity contribution in [3.63, 3.8) is 0 Å². The monoisotopic (exact) mass is 367 g/mol. The first-order valence-electron chi connectivity index (χ1n) is 9.51. The van der Waals surface area contributed by atoms with E-state index in [1.54, 1.807) is 0 Å². The molecule has 1 aromatic heterocycles. The van der Waals surface area contributed by atoms with E-state index in [0.717, 1.165) is 36.6 Å². The second kappa shape index (κ2) is 7.42. The van der Waals surface area contributed by atoms with Gasteiger partial charge in [-0.1, -0.05) is 23.4 Å². The molecule has 1 amide bonds. The summed E-state index contributed by atoms with van der Waals surface area (Å²) in [5, 5.41) is 8.53. The first-order chi connectivity index (χ1) is 13.2. The van der Waals surface area contributed by atoms with Crippen molar-refractivity contribution in [2.75, 3.05) is 31.1 Å². The summed E-state index contributed by atoms with van der Waals surface area (Å²) < 4.78 is 1.93. The van der Waals surface area contributed by atoms with Gasteiger partial charge in [-0.25, -0.2) is 0 Å². The zero-order chi connectivity index (χ0) is 18.8. The summed E-state index contributed by atoms with van der Waals surface area (Å²) in [6.45, 7) is 7.96. The smallest absolute Gasteiger partial charge is 0.267 e. The molecule has 2 aromatic rings. The van der Waals surface area contributed by atoms with Crippen molar-refractivity contribution in [2.45, 2.75) is 32.9 Å². The molecule has 142 valence electrons. The summed E-state index contributed by atoms with van der Waals surface area (Å²) in [5.41, 5.74) is 4.05. The molecule has 1 saturated heterocycles. The number of para-hydroxylation sites is 1. The molecule has 0 spiro atoms. The second-order valence-electron chi connectivity index (χ2n) is 6.94. The maximum atomic E-state index is 12.9. The van der Waals surface area contributed by atoms with E-state index in [1.807, 2.05) is 40.9 Å². The van der Waals surface area contributed by atoms with Crippen LogP contribution in [0.4, 0.5) is 5.69 Å². The lowest BCUT2D eigenvalue weighted by Gasteiger charge is -2.36. The number of anilines is 1. The Morgan fingerprint density at radius 3 is 2.59 bits per heavy atom. The van der Waals surface area contributed by atoms with Gasteiger partial charge in [0.2, 0.25) is 6.10 Å². The van der Waals surface area contributed by atoms with E-state index in [9.17, 15) is 4.79 Å². The van der Waals surface area contributed by atoms with Crippen molar-refractivity contribution < 1.29 is 9.63 Å². The number of piperazine rings is 1. The molecular formula is C20H25N5O2.